The molecule has 0 spiro atoms. The molecule has 0 aliphatic carbocycles. The fraction of sp³-hybridized carbons (Fsp3) is 0.412. The molecule has 1 aliphatic rings. The number of carbonyl (C=O) groups is 1. The van der Waals surface area contributed by atoms with Crippen LogP contribution in [-0.4, -0.2) is 29.0 Å². The first-order valence-corrected chi connectivity index (χ1v) is 8.45. The van der Waals surface area contributed by atoms with Crippen molar-refractivity contribution in [1.82, 2.24) is 20.4 Å². The van der Waals surface area contributed by atoms with E-state index in [1.807, 2.05) is 31.4 Å². The molecule has 0 saturated carbocycles. The Labute approximate surface area is 146 Å². The Morgan fingerprint density at radius 1 is 1.46 bits per heavy atom. The summed E-state index contributed by atoms with van der Waals surface area (Å²) in [5.74, 6) is 0.749. The maximum Gasteiger partial charge on any atom is 0.315 e. The van der Waals surface area contributed by atoms with E-state index in [4.69, 9.17) is 16.3 Å². The molecule has 128 valence electrons. The number of hydrogen-bond acceptors (Lipinski definition) is 3. The van der Waals surface area contributed by atoms with Crippen LogP contribution in [0.25, 0.3) is 0 Å². The highest BCUT2D eigenvalue weighted by atomic mass is 35.5. The molecule has 2 aromatic rings. The normalized spacial score (nSPS) is 16.7. The highest BCUT2D eigenvalue weighted by Gasteiger charge is 2.21. The summed E-state index contributed by atoms with van der Waals surface area (Å²) in [6.45, 7) is 1.17. The van der Waals surface area contributed by atoms with Crippen LogP contribution in [0.3, 0.4) is 0 Å². The van der Waals surface area contributed by atoms with Crippen molar-refractivity contribution < 1.29 is 9.53 Å². The summed E-state index contributed by atoms with van der Waals surface area (Å²) in [4.78, 5) is 12.2. The third kappa shape index (κ3) is 4.20. The van der Waals surface area contributed by atoms with Crippen molar-refractivity contribution in [2.75, 3.05) is 13.2 Å². The van der Waals surface area contributed by atoms with Crippen LogP contribution in [0.1, 0.15) is 30.1 Å². The van der Waals surface area contributed by atoms with Crippen molar-refractivity contribution in [2.24, 2.45) is 7.05 Å². The van der Waals surface area contributed by atoms with Gasteiger partial charge in [0.05, 0.1) is 18.3 Å². The molecule has 2 heterocycles. The number of benzene rings is 1. The van der Waals surface area contributed by atoms with Crippen LogP contribution in [0.15, 0.2) is 30.5 Å². The lowest BCUT2D eigenvalue weighted by Gasteiger charge is -2.19. The van der Waals surface area contributed by atoms with Gasteiger partial charge in [-0.05, 0) is 31.0 Å². The van der Waals surface area contributed by atoms with E-state index < -0.39 is 0 Å². The summed E-state index contributed by atoms with van der Waals surface area (Å²) in [5.41, 5.74) is 1.93. The monoisotopic (exact) mass is 348 g/mol. The molecule has 1 unspecified atom stereocenters. The Morgan fingerprint density at radius 2 is 2.33 bits per heavy atom. The molecular weight excluding hydrogens is 328 g/mol. The Hall–Kier alpha value is -2.21. The summed E-state index contributed by atoms with van der Waals surface area (Å²) in [7, 11) is 1.88. The SMILES string of the molecule is Cn1ccc(CCNC(=O)NC2CCCOc3cc(Cl)ccc32)n1. The average molecular weight is 349 g/mol. The molecule has 0 fully saturated rings. The smallest absolute Gasteiger partial charge is 0.315 e. The molecule has 1 atom stereocenters. The number of aromatic nitrogens is 2. The summed E-state index contributed by atoms with van der Waals surface area (Å²) >= 11 is 6.02. The minimum absolute atomic E-state index is 0.0744. The largest absolute Gasteiger partial charge is 0.493 e. The predicted molar refractivity (Wildman–Crippen MR) is 92.4 cm³/mol. The molecule has 0 bridgehead atoms. The van der Waals surface area contributed by atoms with Crippen molar-refractivity contribution in [3.05, 3.63) is 46.7 Å². The van der Waals surface area contributed by atoms with Gasteiger partial charge >= 0.3 is 6.03 Å². The quantitative estimate of drug-likeness (QED) is 0.892. The second kappa shape index (κ2) is 7.57. The number of nitrogens with zero attached hydrogens (tertiary/aromatic N) is 2. The van der Waals surface area contributed by atoms with Crippen LogP contribution in [0.4, 0.5) is 4.79 Å². The maximum absolute atomic E-state index is 12.2. The molecule has 2 N–H and O–H groups in total. The van der Waals surface area contributed by atoms with Crippen molar-refractivity contribution in [3.63, 3.8) is 0 Å². The van der Waals surface area contributed by atoms with Crippen LogP contribution >= 0.6 is 11.6 Å². The number of aryl methyl sites for hydroxylation is 1. The maximum atomic E-state index is 12.2. The number of fused-ring (bicyclic) bond motifs is 1. The van der Waals surface area contributed by atoms with Gasteiger partial charge in [-0.2, -0.15) is 5.10 Å². The Kier molecular flexibility index (Phi) is 5.25. The molecule has 1 aromatic carbocycles. The van der Waals surface area contributed by atoms with Crippen LogP contribution in [0.5, 0.6) is 5.75 Å². The van der Waals surface area contributed by atoms with Crippen molar-refractivity contribution in [3.8, 4) is 5.75 Å². The zero-order valence-electron chi connectivity index (χ0n) is 13.6. The van der Waals surface area contributed by atoms with Gasteiger partial charge in [0.25, 0.3) is 0 Å². The molecule has 1 aliphatic heterocycles. The Morgan fingerprint density at radius 3 is 3.12 bits per heavy atom. The molecular formula is C17H21ClN4O2. The minimum Gasteiger partial charge on any atom is -0.493 e. The minimum atomic E-state index is -0.182. The topological polar surface area (TPSA) is 68.2 Å². The molecule has 0 radical (unpaired) electrons. The van der Waals surface area contributed by atoms with E-state index in [9.17, 15) is 4.79 Å². The second-order valence-electron chi connectivity index (χ2n) is 5.86. The Bertz CT molecular complexity index is 716. The highest BCUT2D eigenvalue weighted by Crippen LogP contribution is 2.33. The first-order chi connectivity index (χ1) is 11.6. The van der Waals surface area contributed by atoms with Crippen LogP contribution in [0.2, 0.25) is 5.02 Å². The lowest BCUT2D eigenvalue weighted by Crippen LogP contribution is -2.38. The summed E-state index contributed by atoms with van der Waals surface area (Å²) in [6.07, 6.45) is 4.31. The Balaban J connectivity index is 1.56. The van der Waals surface area contributed by atoms with E-state index in [0.717, 1.165) is 29.8 Å². The third-order valence-electron chi connectivity index (χ3n) is 3.99. The van der Waals surface area contributed by atoms with E-state index >= 15 is 0 Å². The summed E-state index contributed by atoms with van der Waals surface area (Å²) in [6, 6.07) is 7.23. The van der Waals surface area contributed by atoms with Crippen molar-refractivity contribution in [1.29, 1.82) is 0 Å². The van der Waals surface area contributed by atoms with Gasteiger partial charge in [0.2, 0.25) is 0 Å². The fourth-order valence-corrected chi connectivity index (χ4v) is 2.97. The van der Waals surface area contributed by atoms with Gasteiger partial charge in [-0.25, -0.2) is 4.79 Å². The van der Waals surface area contributed by atoms with Gasteiger partial charge in [-0.3, -0.25) is 4.68 Å². The van der Waals surface area contributed by atoms with Gasteiger partial charge in [-0.1, -0.05) is 17.7 Å². The molecule has 6 nitrogen and oxygen atoms in total. The van der Waals surface area contributed by atoms with E-state index in [1.54, 1.807) is 10.7 Å². The van der Waals surface area contributed by atoms with E-state index in [0.29, 0.717) is 24.6 Å². The number of ether oxygens (including phenoxy) is 1. The molecule has 3 rings (SSSR count). The van der Waals surface area contributed by atoms with Gasteiger partial charge < -0.3 is 15.4 Å². The van der Waals surface area contributed by atoms with Crippen molar-refractivity contribution >= 4 is 17.6 Å². The van der Waals surface area contributed by atoms with E-state index in [-0.39, 0.29) is 12.1 Å². The number of nitrogens with one attached hydrogen (secondary N) is 2. The lowest BCUT2D eigenvalue weighted by atomic mass is 10.0. The zero-order valence-corrected chi connectivity index (χ0v) is 14.3. The first-order valence-electron chi connectivity index (χ1n) is 8.07. The summed E-state index contributed by atoms with van der Waals surface area (Å²) in [5, 5.41) is 10.8. The summed E-state index contributed by atoms with van der Waals surface area (Å²) < 4.78 is 7.47. The standard InChI is InChI=1S/C17H21ClN4O2/c1-22-9-7-13(21-22)6-8-19-17(23)20-15-3-2-10-24-16-11-12(18)4-5-14(15)16/h4-5,7,9,11,15H,2-3,6,8,10H2,1H3,(H2,19,20,23). The van der Waals surface area contributed by atoms with Crippen molar-refractivity contribution in [2.45, 2.75) is 25.3 Å². The number of halogens is 1. The van der Waals surface area contributed by atoms with Crippen LogP contribution < -0.4 is 15.4 Å². The lowest BCUT2D eigenvalue weighted by molar-refractivity contribution is 0.236. The molecule has 24 heavy (non-hydrogen) atoms. The van der Waals surface area contributed by atoms with Gasteiger partial charge in [0.15, 0.2) is 0 Å². The number of rotatable bonds is 4. The van der Waals surface area contributed by atoms with Gasteiger partial charge in [0, 0.05) is 36.8 Å². The van der Waals surface area contributed by atoms with E-state index in [1.165, 1.54) is 0 Å². The van der Waals surface area contributed by atoms with Crippen LogP contribution in [-0.2, 0) is 13.5 Å². The van der Waals surface area contributed by atoms with Gasteiger partial charge in [-0.15, -0.1) is 0 Å². The van der Waals surface area contributed by atoms with Crippen LogP contribution in [0, 0.1) is 0 Å². The molecule has 7 heteroatoms. The number of urea groups is 1. The number of hydrogen-bond donors (Lipinski definition) is 2. The van der Waals surface area contributed by atoms with E-state index in [2.05, 4.69) is 15.7 Å². The fourth-order valence-electron chi connectivity index (χ4n) is 2.81. The first kappa shape index (κ1) is 16.6. The zero-order chi connectivity index (χ0) is 16.9. The average Bonchev–Trinajstić information content (AvgIpc) is 2.86. The third-order valence-corrected chi connectivity index (χ3v) is 4.22. The second-order valence-corrected chi connectivity index (χ2v) is 6.29. The highest BCUT2D eigenvalue weighted by molar-refractivity contribution is 6.30. The van der Waals surface area contributed by atoms with Gasteiger partial charge in [0.1, 0.15) is 5.75 Å². The number of amides is 2. The number of carbonyl (C=O) groups excluding carboxylic acids is 1. The molecule has 1 aromatic heterocycles. The molecule has 2 amide bonds. The molecule has 0 saturated heterocycles. The predicted octanol–water partition coefficient (Wildman–Crippen LogP) is 2.83.